The first kappa shape index (κ1) is 23.8. The number of carbonyl (C=O) groups excluding carboxylic acids is 3. The second-order valence-electron chi connectivity index (χ2n) is 7.96. The summed E-state index contributed by atoms with van der Waals surface area (Å²) < 4.78 is 20.2. The van der Waals surface area contributed by atoms with Crippen LogP contribution < -0.4 is 21.1 Å². The van der Waals surface area contributed by atoms with Gasteiger partial charge in [0.2, 0.25) is 5.91 Å². The van der Waals surface area contributed by atoms with E-state index in [0.29, 0.717) is 28.9 Å². The van der Waals surface area contributed by atoms with Crippen LogP contribution in [-0.2, 0) is 16.1 Å². The third-order valence-electron chi connectivity index (χ3n) is 5.40. The summed E-state index contributed by atoms with van der Waals surface area (Å²) in [4.78, 5) is 40.5. The molecule has 0 spiro atoms. The third kappa shape index (κ3) is 5.98. The van der Waals surface area contributed by atoms with Gasteiger partial charge >= 0.3 is 6.09 Å². The summed E-state index contributed by atoms with van der Waals surface area (Å²) in [5.41, 5.74) is 8.24. The number of halogens is 1. The van der Waals surface area contributed by atoms with Crippen LogP contribution in [0.25, 0.3) is 11.1 Å². The zero-order chi connectivity index (χ0) is 24.8. The minimum atomic E-state index is -0.583. The van der Waals surface area contributed by atoms with Crippen LogP contribution in [-0.4, -0.2) is 42.1 Å². The summed E-state index contributed by atoms with van der Waals surface area (Å²) in [6.45, 7) is 2.18. The molecule has 1 atom stereocenters. The SMILES string of the molecule is CC(=O)NC[C@H]1CN(c2ccc(-c3ccc(CNNC(=O)c4cccnc4)cc3)c(F)c2)C(=O)O1. The fourth-order valence-electron chi connectivity index (χ4n) is 3.60. The Morgan fingerprint density at radius 3 is 2.66 bits per heavy atom. The number of rotatable bonds is 8. The van der Waals surface area contributed by atoms with E-state index in [1.807, 2.05) is 12.1 Å². The maximum Gasteiger partial charge on any atom is 0.414 e. The molecule has 9 nitrogen and oxygen atoms in total. The van der Waals surface area contributed by atoms with Crippen LogP contribution in [0.2, 0.25) is 0 Å². The number of nitrogens with one attached hydrogen (secondary N) is 3. The molecule has 1 fully saturated rings. The van der Waals surface area contributed by atoms with E-state index in [2.05, 4.69) is 21.2 Å². The first-order valence-electron chi connectivity index (χ1n) is 11.0. The number of hydrogen-bond donors (Lipinski definition) is 3. The minimum Gasteiger partial charge on any atom is -0.442 e. The van der Waals surface area contributed by atoms with Crippen molar-refractivity contribution in [2.75, 3.05) is 18.0 Å². The van der Waals surface area contributed by atoms with Crippen LogP contribution >= 0.6 is 0 Å². The van der Waals surface area contributed by atoms with Crippen molar-refractivity contribution in [1.29, 1.82) is 0 Å². The highest BCUT2D eigenvalue weighted by Crippen LogP contribution is 2.29. The van der Waals surface area contributed by atoms with Gasteiger partial charge in [0, 0.05) is 31.4 Å². The van der Waals surface area contributed by atoms with Crippen LogP contribution in [0.3, 0.4) is 0 Å². The summed E-state index contributed by atoms with van der Waals surface area (Å²) in [6.07, 6.45) is 1.99. The van der Waals surface area contributed by atoms with E-state index in [9.17, 15) is 18.8 Å². The molecule has 1 aliphatic heterocycles. The smallest absolute Gasteiger partial charge is 0.414 e. The maximum atomic E-state index is 14.9. The zero-order valence-corrected chi connectivity index (χ0v) is 19.0. The highest BCUT2D eigenvalue weighted by atomic mass is 19.1. The molecule has 2 aromatic carbocycles. The van der Waals surface area contributed by atoms with Gasteiger partial charge in [-0.1, -0.05) is 24.3 Å². The standard InChI is InChI=1S/C25H24FN5O4/c1-16(32)28-14-21-15-31(25(34)35-21)20-8-9-22(23(26)11-20)18-6-4-17(5-7-18)12-29-30-24(33)19-3-2-10-27-13-19/h2-11,13,21,29H,12,14-15H2,1H3,(H,28,32)(H,30,33)/t21-/m0/s1. The van der Waals surface area contributed by atoms with Crippen molar-refractivity contribution in [2.24, 2.45) is 0 Å². The van der Waals surface area contributed by atoms with Crippen molar-refractivity contribution in [3.63, 3.8) is 0 Å². The Labute approximate surface area is 201 Å². The molecule has 1 aromatic heterocycles. The highest BCUT2D eigenvalue weighted by Gasteiger charge is 2.32. The number of hydrazine groups is 1. The zero-order valence-electron chi connectivity index (χ0n) is 19.0. The number of anilines is 1. The first-order valence-corrected chi connectivity index (χ1v) is 11.0. The summed E-state index contributed by atoms with van der Waals surface area (Å²) in [6, 6.07) is 15.1. The van der Waals surface area contributed by atoms with Gasteiger partial charge in [-0.05, 0) is 41.5 Å². The van der Waals surface area contributed by atoms with Gasteiger partial charge in [-0.3, -0.25) is 24.9 Å². The number of carbonyl (C=O) groups is 3. The highest BCUT2D eigenvalue weighted by molar-refractivity contribution is 5.93. The van der Waals surface area contributed by atoms with Gasteiger partial charge < -0.3 is 10.1 Å². The van der Waals surface area contributed by atoms with E-state index in [1.165, 1.54) is 24.1 Å². The molecule has 0 saturated carbocycles. The molecule has 1 saturated heterocycles. The molecule has 4 rings (SSSR count). The van der Waals surface area contributed by atoms with Gasteiger partial charge in [-0.15, -0.1) is 0 Å². The fraction of sp³-hybridized carbons (Fsp3) is 0.200. The number of hydrogen-bond acceptors (Lipinski definition) is 6. The van der Waals surface area contributed by atoms with Gasteiger partial charge in [0.15, 0.2) is 0 Å². The predicted molar refractivity (Wildman–Crippen MR) is 127 cm³/mol. The fourth-order valence-corrected chi connectivity index (χ4v) is 3.60. The minimum absolute atomic E-state index is 0.201. The topological polar surface area (TPSA) is 113 Å². The lowest BCUT2D eigenvalue weighted by atomic mass is 10.0. The van der Waals surface area contributed by atoms with Crippen LogP contribution in [0.1, 0.15) is 22.8 Å². The summed E-state index contributed by atoms with van der Waals surface area (Å²) in [7, 11) is 0. The number of benzene rings is 2. The molecular formula is C25H24FN5O4. The van der Waals surface area contributed by atoms with E-state index in [-0.39, 0.29) is 24.9 Å². The van der Waals surface area contributed by atoms with Crippen molar-refractivity contribution in [3.8, 4) is 11.1 Å². The molecule has 0 bridgehead atoms. The molecule has 35 heavy (non-hydrogen) atoms. The van der Waals surface area contributed by atoms with Crippen molar-refractivity contribution >= 4 is 23.6 Å². The van der Waals surface area contributed by atoms with E-state index in [4.69, 9.17) is 4.74 Å². The summed E-state index contributed by atoms with van der Waals surface area (Å²) in [5, 5.41) is 2.61. The van der Waals surface area contributed by atoms with Gasteiger partial charge in [0.05, 0.1) is 24.3 Å². The lowest BCUT2D eigenvalue weighted by Gasteiger charge is -2.15. The third-order valence-corrected chi connectivity index (χ3v) is 5.40. The average Bonchev–Trinajstić information content (AvgIpc) is 3.24. The molecule has 3 N–H and O–H groups in total. The maximum absolute atomic E-state index is 14.9. The predicted octanol–water partition coefficient (Wildman–Crippen LogP) is 2.78. The van der Waals surface area contributed by atoms with Crippen molar-refractivity contribution in [3.05, 3.63) is 83.9 Å². The number of nitrogens with zero attached hydrogens (tertiary/aromatic N) is 2. The van der Waals surface area contributed by atoms with Gasteiger partial charge in [0.1, 0.15) is 11.9 Å². The quantitative estimate of drug-likeness (QED) is 0.430. The molecule has 10 heteroatoms. The van der Waals surface area contributed by atoms with Gasteiger partial charge in [-0.25, -0.2) is 14.6 Å². The van der Waals surface area contributed by atoms with Crippen LogP contribution in [0, 0.1) is 5.82 Å². The van der Waals surface area contributed by atoms with Crippen LogP contribution in [0.5, 0.6) is 0 Å². The first-order chi connectivity index (χ1) is 16.9. The van der Waals surface area contributed by atoms with Gasteiger partial charge in [-0.2, -0.15) is 0 Å². The number of pyridine rings is 1. The lowest BCUT2D eigenvalue weighted by molar-refractivity contribution is -0.119. The number of cyclic esters (lactones) is 1. The molecule has 2 heterocycles. The van der Waals surface area contributed by atoms with Crippen molar-refractivity contribution in [2.45, 2.75) is 19.6 Å². The molecular weight excluding hydrogens is 453 g/mol. The van der Waals surface area contributed by atoms with E-state index >= 15 is 0 Å². The Morgan fingerprint density at radius 2 is 1.97 bits per heavy atom. The lowest BCUT2D eigenvalue weighted by Crippen LogP contribution is -2.36. The Balaban J connectivity index is 1.35. The molecule has 0 radical (unpaired) electrons. The molecule has 0 unspecified atom stereocenters. The second kappa shape index (κ2) is 10.7. The normalized spacial score (nSPS) is 15.0. The molecule has 0 aliphatic carbocycles. The monoisotopic (exact) mass is 477 g/mol. The number of ether oxygens (including phenoxy) is 1. The number of amides is 3. The van der Waals surface area contributed by atoms with Crippen LogP contribution in [0.4, 0.5) is 14.9 Å². The van der Waals surface area contributed by atoms with E-state index < -0.39 is 18.0 Å². The van der Waals surface area contributed by atoms with E-state index in [0.717, 1.165) is 5.56 Å². The molecule has 3 amide bonds. The van der Waals surface area contributed by atoms with Gasteiger partial charge in [0.25, 0.3) is 5.91 Å². The summed E-state index contributed by atoms with van der Waals surface area (Å²) >= 11 is 0. The van der Waals surface area contributed by atoms with Crippen molar-refractivity contribution in [1.82, 2.24) is 21.2 Å². The Kier molecular flexibility index (Phi) is 7.32. The average molecular weight is 477 g/mol. The van der Waals surface area contributed by atoms with Crippen LogP contribution in [0.15, 0.2) is 67.0 Å². The van der Waals surface area contributed by atoms with Crippen molar-refractivity contribution < 1.29 is 23.5 Å². The summed E-state index contributed by atoms with van der Waals surface area (Å²) in [5.74, 6) is -0.985. The second-order valence-corrected chi connectivity index (χ2v) is 7.96. The Bertz CT molecular complexity index is 1220. The van der Waals surface area contributed by atoms with E-state index in [1.54, 1.807) is 42.6 Å². The Morgan fingerprint density at radius 1 is 1.17 bits per heavy atom. The Hall–Kier alpha value is -4.31. The largest absolute Gasteiger partial charge is 0.442 e. The molecule has 1 aliphatic rings. The molecule has 180 valence electrons. The number of aromatic nitrogens is 1. The molecule has 3 aromatic rings.